The molecular formula is C9H18INO4. The molecule has 0 bridgehead atoms. The van der Waals surface area contributed by atoms with Crippen LogP contribution in [0.3, 0.4) is 0 Å². The van der Waals surface area contributed by atoms with Gasteiger partial charge in [0.1, 0.15) is 29.6 Å². The highest BCUT2D eigenvalue weighted by Gasteiger charge is 1.94. The van der Waals surface area contributed by atoms with Crippen molar-refractivity contribution in [1.29, 1.82) is 0 Å². The number of hydrogen-bond donors (Lipinski definition) is 1. The van der Waals surface area contributed by atoms with Crippen LogP contribution in [0.5, 0.6) is 0 Å². The molecule has 0 aromatic rings. The maximum absolute atomic E-state index is 10.3. The average molecular weight is 331 g/mol. The van der Waals surface area contributed by atoms with Crippen LogP contribution in [-0.4, -0.2) is 38.9 Å². The van der Waals surface area contributed by atoms with E-state index in [0.717, 1.165) is 39.1 Å². The lowest BCUT2D eigenvalue weighted by atomic mass is 10.3. The van der Waals surface area contributed by atoms with Gasteiger partial charge in [-0.15, -0.1) is 0 Å². The molecule has 2 N–H and O–H groups in total. The van der Waals surface area contributed by atoms with Gasteiger partial charge < -0.3 is 18.3 Å². The van der Waals surface area contributed by atoms with Crippen LogP contribution in [0, 0.1) is 0 Å². The molecule has 0 unspecified atom stereocenters. The van der Waals surface area contributed by atoms with Gasteiger partial charge in [-0.1, -0.05) is 0 Å². The molecule has 0 atom stereocenters. The fourth-order valence-corrected chi connectivity index (χ4v) is 1.21. The number of primary amides is 1. The van der Waals surface area contributed by atoms with Crippen molar-refractivity contribution in [1.82, 2.24) is 0 Å². The van der Waals surface area contributed by atoms with Crippen LogP contribution < -0.4 is 5.73 Å². The Labute approximate surface area is 104 Å². The highest BCUT2D eigenvalue weighted by atomic mass is 127. The van der Waals surface area contributed by atoms with E-state index in [2.05, 4.69) is 0 Å². The van der Waals surface area contributed by atoms with Crippen LogP contribution in [0.2, 0.25) is 0 Å². The highest BCUT2D eigenvalue weighted by Crippen LogP contribution is 1.94. The molecule has 0 spiro atoms. The zero-order chi connectivity index (χ0) is 11.4. The van der Waals surface area contributed by atoms with E-state index in [1.54, 1.807) is 0 Å². The quantitative estimate of drug-likeness (QED) is 0.454. The molecule has 0 aliphatic rings. The first kappa shape index (κ1) is 15.1. The maximum Gasteiger partial charge on any atom is 0.243 e. The Hall–Kier alpha value is 0.0800. The lowest BCUT2D eigenvalue weighted by Gasteiger charge is -2.03. The summed E-state index contributed by atoms with van der Waals surface area (Å²) in [6, 6.07) is 0. The molecule has 0 aliphatic heterocycles. The standard InChI is InChI=1S/C9H18INO4/c10-15-7-3-6-13-4-1-2-5-14-8-9(11)12/h1-8H2,(H2,11,12). The Kier molecular flexibility index (Phi) is 12.2. The van der Waals surface area contributed by atoms with E-state index in [4.69, 9.17) is 18.3 Å². The van der Waals surface area contributed by atoms with Gasteiger partial charge in [0.15, 0.2) is 0 Å². The predicted molar refractivity (Wildman–Crippen MR) is 64.7 cm³/mol. The third-order valence-electron chi connectivity index (χ3n) is 1.58. The topological polar surface area (TPSA) is 70.8 Å². The predicted octanol–water partition coefficient (Wildman–Crippen LogP) is 1.04. The summed E-state index contributed by atoms with van der Waals surface area (Å²) in [6.45, 7) is 2.74. The van der Waals surface area contributed by atoms with Crippen molar-refractivity contribution in [3.63, 3.8) is 0 Å². The minimum atomic E-state index is -0.426. The van der Waals surface area contributed by atoms with Gasteiger partial charge in [0.25, 0.3) is 0 Å². The monoisotopic (exact) mass is 331 g/mol. The molecule has 0 fully saturated rings. The number of amides is 1. The van der Waals surface area contributed by atoms with Crippen LogP contribution in [0.25, 0.3) is 0 Å². The van der Waals surface area contributed by atoms with Gasteiger partial charge in [0.05, 0.1) is 6.61 Å². The fraction of sp³-hybridized carbons (Fsp3) is 0.889. The molecule has 5 nitrogen and oxygen atoms in total. The second-order valence-corrected chi connectivity index (χ2v) is 3.63. The summed E-state index contributed by atoms with van der Waals surface area (Å²) in [6.07, 6.45) is 2.74. The lowest BCUT2D eigenvalue weighted by molar-refractivity contribution is -0.122. The van der Waals surface area contributed by atoms with Gasteiger partial charge in [-0.25, -0.2) is 0 Å². The third-order valence-corrected chi connectivity index (χ3v) is 2.02. The molecule has 0 heterocycles. The van der Waals surface area contributed by atoms with E-state index in [9.17, 15) is 4.79 Å². The Morgan fingerprint density at radius 1 is 1.00 bits per heavy atom. The average Bonchev–Trinajstić information content (AvgIpc) is 2.20. The molecule has 0 saturated carbocycles. The van der Waals surface area contributed by atoms with Gasteiger partial charge in [0.2, 0.25) is 5.91 Å². The van der Waals surface area contributed by atoms with E-state index in [0.29, 0.717) is 6.61 Å². The second kappa shape index (κ2) is 12.2. The molecule has 0 aromatic heterocycles. The van der Waals surface area contributed by atoms with Gasteiger partial charge in [-0.3, -0.25) is 4.79 Å². The molecule has 0 radical (unpaired) electrons. The molecule has 15 heavy (non-hydrogen) atoms. The number of carbonyl (C=O) groups is 1. The van der Waals surface area contributed by atoms with Crippen LogP contribution in [0.4, 0.5) is 0 Å². The summed E-state index contributed by atoms with van der Waals surface area (Å²) >= 11 is 1.87. The number of unbranched alkanes of at least 4 members (excludes halogenated alkanes) is 1. The molecule has 90 valence electrons. The zero-order valence-electron chi connectivity index (χ0n) is 8.75. The van der Waals surface area contributed by atoms with Crippen LogP contribution >= 0.6 is 23.0 Å². The van der Waals surface area contributed by atoms with E-state index in [-0.39, 0.29) is 6.61 Å². The van der Waals surface area contributed by atoms with E-state index >= 15 is 0 Å². The summed E-state index contributed by atoms with van der Waals surface area (Å²) in [5, 5.41) is 0. The Morgan fingerprint density at radius 2 is 1.60 bits per heavy atom. The molecular weight excluding hydrogens is 313 g/mol. The van der Waals surface area contributed by atoms with E-state index in [1.165, 1.54) is 0 Å². The molecule has 0 saturated heterocycles. The van der Waals surface area contributed by atoms with Crippen LogP contribution in [0.15, 0.2) is 0 Å². The van der Waals surface area contributed by atoms with Crippen LogP contribution in [0.1, 0.15) is 19.3 Å². The van der Waals surface area contributed by atoms with Crippen molar-refractivity contribution >= 4 is 28.9 Å². The lowest BCUT2D eigenvalue weighted by Crippen LogP contribution is -2.18. The number of hydrogen-bond acceptors (Lipinski definition) is 4. The number of halogens is 1. The highest BCUT2D eigenvalue weighted by molar-refractivity contribution is 14.1. The van der Waals surface area contributed by atoms with Gasteiger partial charge in [0, 0.05) is 19.8 Å². The molecule has 0 aliphatic carbocycles. The number of ether oxygens (including phenoxy) is 2. The first-order valence-electron chi connectivity index (χ1n) is 4.94. The minimum absolute atomic E-state index is 0.00779. The minimum Gasteiger partial charge on any atom is -0.381 e. The normalized spacial score (nSPS) is 10.5. The smallest absolute Gasteiger partial charge is 0.243 e. The Bertz CT molecular complexity index is 157. The molecule has 1 amide bonds. The Morgan fingerprint density at radius 3 is 2.20 bits per heavy atom. The van der Waals surface area contributed by atoms with Crippen molar-refractivity contribution in [3.05, 3.63) is 0 Å². The Balaban J connectivity index is 2.89. The van der Waals surface area contributed by atoms with Gasteiger partial charge in [-0.2, -0.15) is 0 Å². The summed E-state index contributed by atoms with van der Waals surface area (Å²) in [4.78, 5) is 10.3. The fourth-order valence-electron chi connectivity index (χ4n) is 0.899. The number of nitrogens with two attached hydrogens (primary N) is 1. The van der Waals surface area contributed by atoms with Gasteiger partial charge >= 0.3 is 0 Å². The van der Waals surface area contributed by atoms with Crippen molar-refractivity contribution in [3.8, 4) is 0 Å². The second-order valence-electron chi connectivity index (χ2n) is 3.01. The SMILES string of the molecule is NC(=O)COCCCCOCCCOI. The van der Waals surface area contributed by atoms with Crippen LogP contribution in [-0.2, 0) is 17.3 Å². The number of rotatable bonds is 11. The van der Waals surface area contributed by atoms with E-state index in [1.807, 2.05) is 23.0 Å². The third kappa shape index (κ3) is 14.1. The van der Waals surface area contributed by atoms with Crippen molar-refractivity contribution in [2.24, 2.45) is 5.73 Å². The number of carbonyl (C=O) groups excluding carboxylic acids is 1. The van der Waals surface area contributed by atoms with Crippen molar-refractivity contribution in [2.75, 3.05) is 33.0 Å². The van der Waals surface area contributed by atoms with E-state index < -0.39 is 5.91 Å². The van der Waals surface area contributed by atoms with Gasteiger partial charge in [-0.05, 0) is 19.3 Å². The first-order chi connectivity index (χ1) is 7.27. The summed E-state index contributed by atoms with van der Waals surface area (Å²) in [5.74, 6) is -0.426. The molecule has 0 aromatic carbocycles. The molecule has 0 rings (SSSR count). The summed E-state index contributed by atoms with van der Waals surface area (Å²) in [5.41, 5.74) is 4.90. The maximum atomic E-state index is 10.3. The first-order valence-corrected chi connectivity index (χ1v) is 5.82. The zero-order valence-corrected chi connectivity index (χ0v) is 10.9. The summed E-state index contributed by atoms with van der Waals surface area (Å²) < 4.78 is 15.2. The molecule has 6 heteroatoms. The van der Waals surface area contributed by atoms with Crippen molar-refractivity contribution in [2.45, 2.75) is 19.3 Å². The van der Waals surface area contributed by atoms with Crippen molar-refractivity contribution < 1.29 is 17.3 Å². The summed E-state index contributed by atoms with van der Waals surface area (Å²) in [7, 11) is 0. The largest absolute Gasteiger partial charge is 0.381 e.